The number of nitrogens with two attached hydrogens (primary N) is 1. The first-order valence-corrected chi connectivity index (χ1v) is 6.63. The van der Waals surface area contributed by atoms with Gasteiger partial charge in [-0.25, -0.2) is 0 Å². The van der Waals surface area contributed by atoms with Crippen LogP contribution in [-0.2, 0) is 12.0 Å². The predicted molar refractivity (Wildman–Crippen MR) is 71.3 cm³/mol. The van der Waals surface area contributed by atoms with Gasteiger partial charge >= 0.3 is 0 Å². The number of ether oxygens (including phenoxy) is 1. The van der Waals surface area contributed by atoms with E-state index in [2.05, 4.69) is 39.0 Å². The molecule has 0 saturated carbocycles. The van der Waals surface area contributed by atoms with Crippen molar-refractivity contribution in [2.45, 2.75) is 45.6 Å². The molecule has 0 aliphatic carbocycles. The van der Waals surface area contributed by atoms with E-state index in [1.54, 1.807) is 0 Å². The normalized spacial score (nSPS) is 18.4. The van der Waals surface area contributed by atoms with Crippen molar-refractivity contribution in [3.05, 3.63) is 29.3 Å². The lowest BCUT2D eigenvalue weighted by Gasteiger charge is -2.36. The molecule has 17 heavy (non-hydrogen) atoms. The summed E-state index contributed by atoms with van der Waals surface area (Å²) >= 11 is 0. The van der Waals surface area contributed by atoms with E-state index in [1.807, 2.05) is 0 Å². The minimum Gasteiger partial charge on any atom is -0.493 e. The molecule has 2 heteroatoms. The van der Waals surface area contributed by atoms with Gasteiger partial charge in [0.25, 0.3) is 0 Å². The van der Waals surface area contributed by atoms with Gasteiger partial charge in [-0.3, -0.25) is 0 Å². The number of rotatable bonds is 3. The molecule has 0 amide bonds. The van der Waals surface area contributed by atoms with Crippen LogP contribution in [0.15, 0.2) is 18.2 Å². The highest BCUT2D eigenvalue weighted by atomic mass is 16.5. The van der Waals surface area contributed by atoms with Crippen LogP contribution in [0.25, 0.3) is 0 Å². The maximum atomic E-state index is 6.61. The number of para-hydroxylation sites is 1. The van der Waals surface area contributed by atoms with Gasteiger partial charge in [0.05, 0.1) is 6.61 Å². The molecular formula is C15H23NO. The van der Waals surface area contributed by atoms with E-state index >= 15 is 0 Å². The highest BCUT2D eigenvalue weighted by molar-refractivity contribution is 5.46. The van der Waals surface area contributed by atoms with Gasteiger partial charge in [-0.05, 0) is 30.7 Å². The summed E-state index contributed by atoms with van der Waals surface area (Å²) in [4.78, 5) is 0. The molecule has 0 fully saturated rings. The number of hydrogen-bond donors (Lipinski definition) is 1. The monoisotopic (exact) mass is 233 g/mol. The summed E-state index contributed by atoms with van der Waals surface area (Å²) in [6.07, 6.45) is 3.16. The maximum absolute atomic E-state index is 6.61. The Morgan fingerprint density at radius 1 is 1.41 bits per heavy atom. The van der Waals surface area contributed by atoms with Crippen LogP contribution in [-0.4, -0.2) is 6.61 Å². The molecule has 0 spiro atoms. The largest absolute Gasteiger partial charge is 0.493 e. The van der Waals surface area contributed by atoms with Crippen molar-refractivity contribution >= 4 is 0 Å². The molecular weight excluding hydrogens is 210 g/mol. The van der Waals surface area contributed by atoms with Crippen LogP contribution in [0.2, 0.25) is 0 Å². The molecule has 1 aliphatic heterocycles. The van der Waals surface area contributed by atoms with Gasteiger partial charge in [0.1, 0.15) is 5.75 Å². The Morgan fingerprint density at radius 3 is 2.82 bits per heavy atom. The molecule has 1 aliphatic rings. The van der Waals surface area contributed by atoms with Crippen molar-refractivity contribution in [1.82, 2.24) is 0 Å². The zero-order chi connectivity index (χ0) is 12.5. The predicted octanol–water partition coefficient (Wildman–Crippen LogP) is 3.23. The molecule has 0 bridgehead atoms. The van der Waals surface area contributed by atoms with Gasteiger partial charge in [-0.15, -0.1) is 0 Å². The lowest BCUT2D eigenvalue weighted by atomic mass is 9.77. The van der Waals surface area contributed by atoms with Crippen molar-refractivity contribution in [2.75, 3.05) is 6.61 Å². The first-order chi connectivity index (χ1) is 8.09. The fourth-order valence-corrected chi connectivity index (χ4v) is 2.67. The second kappa shape index (κ2) is 4.69. The van der Waals surface area contributed by atoms with E-state index in [1.165, 1.54) is 11.1 Å². The maximum Gasteiger partial charge on any atom is 0.127 e. The van der Waals surface area contributed by atoms with Crippen LogP contribution in [0.4, 0.5) is 0 Å². The second-order valence-corrected chi connectivity index (χ2v) is 5.29. The number of benzene rings is 1. The van der Waals surface area contributed by atoms with E-state index in [-0.39, 0.29) is 5.54 Å². The van der Waals surface area contributed by atoms with Crippen LogP contribution in [0.1, 0.15) is 44.7 Å². The van der Waals surface area contributed by atoms with Gasteiger partial charge in [-0.2, -0.15) is 0 Å². The Hall–Kier alpha value is -1.02. The van der Waals surface area contributed by atoms with Gasteiger partial charge in [0, 0.05) is 11.1 Å². The zero-order valence-electron chi connectivity index (χ0n) is 11.1. The third-order valence-corrected chi connectivity index (χ3v) is 4.05. The first-order valence-electron chi connectivity index (χ1n) is 6.63. The minimum absolute atomic E-state index is 0.275. The molecule has 2 N–H and O–H groups in total. The Labute approximate surface area is 104 Å². The fourth-order valence-electron chi connectivity index (χ4n) is 2.67. The minimum atomic E-state index is -0.275. The van der Waals surface area contributed by atoms with Crippen LogP contribution < -0.4 is 10.5 Å². The molecule has 0 radical (unpaired) electrons. The Bertz CT molecular complexity index is 400. The van der Waals surface area contributed by atoms with Gasteiger partial charge in [0.15, 0.2) is 0 Å². The third kappa shape index (κ3) is 2.06. The lowest BCUT2D eigenvalue weighted by molar-refractivity contribution is 0.253. The summed E-state index contributed by atoms with van der Waals surface area (Å²) in [6.45, 7) is 7.35. The first kappa shape index (κ1) is 12.4. The highest BCUT2D eigenvalue weighted by Gasteiger charge is 2.33. The molecule has 94 valence electrons. The molecule has 1 unspecified atom stereocenters. The fraction of sp³-hybridized carbons (Fsp3) is 0.600. The smallest absolute Gasteiger partial charge is 0.127 e. The van der Waals surface area contributed by atoms with Gasteiger partial charge in [0.2, 0.25) is 0 Å². The molecule has 1 aromatic carbocycles. The van der Waals surface area contributed by atoms with Crippen LogP contribution in [0, 0.1) is 5.92 Å². The quantitative estimate of drug-likeness (QED) is 0.870. The van der Waals surface area contributed by atoms with Crippen molar-refractivity contribution in [3.63, 3.8) is 0 Å². The van der Waals surface area contributed by atoms with Gasteiger partial charge < -0.3 is 10.5 Å². The third-order valence-electron chi connectivity index (χ3n) is 4.05. The van der Waals surface area contributed by atoms with Crippen LogP contribution >= 0.6 is 0 Å². The molecule has 2 nitrogen and oxygen atoms in total. The molecule has 1 aromatic rings. The topological polar surface area (TPSA) is 35.2 Å². The van der Waals surface area contributed by atoms with Crippen LogP contribution in [0.3, 0.4) is 0 Å². The average molecular weight is 233 g/mol. The van der Waals surface area contributed by atoms with Gasteiger partial charge in [-0.1, -0.05) is 39.0 Å². The molecule has 2 rings (SSSR count). The number of fused-ring (bicyclic) bond motifs is 1. The Morgan fingerprint density at radius 2 is 2.18 bits per heavy atom. The highest BCUT2D eigenvalue weighted by Crippen LogP contribution is 2.39. The summed E-state index contributed by atoms with van der Waals surface area (Å²) in [6, 6.07) is 6.41. The molecule has 0 aromatic heterocycles. The summed E-state index contributed by atoms with van der Waals surface area (Å²) in [5.74, 6) is 1.46. The number of hydrogen-bond acceptors (Lipinski definition) is 2. The summed E-state index contributed by atoms with van der Waals surface area (Å²) in [5.41, 5.74) is 8.83. The second-order valence-electron chi connectivity index (χ2n) is 5.29. The molecule has 0 saturated heterocycles. The standard InChI is InChI=1S/C15H23NO/c1-4-15(16,11(2)3)13-9-5-7-12-8-6-10-17-14(12)13/h5,7,9,11H,4,6,8,10,16H2,1-3H3. The van der Waals surface area contributed by atoms with Crippen LogP contribution in [0.5, 0.6) is 5.75 Å². The van der Waals surface area contributed by atoms with Crippen molar-refractivity contribution in [2.24, 2.45) is 11.7 Å². The number of aryl methyl sites for hydroxylation is 1. The summed E-state index contributed by atoms with van der Waals surface area (Å²) in [7, 11) is 0. The van der Waals surface area contributed by atoms with Crippen molar-refractivity contribution in [3.8, 4) is 5.75 Å². The van der Waals surface area contributed by atoms with E-state index in [9.17, 15) is 0 Å². The molecule has 1 atom stereocenters. The van der Waals surface area contributed by atoms with Crippen molar-refractivity contribution < 1.29 is 4.74 Å². The summed E-state index contributed by atoms with van der Waals surface area (Å²) in [5, 5.41) is 0. The van der Waals surface area contributed by atoms with E-state index < -0.39 is 0 Å². The van der Waals surface area contributed by atoms with E-state index in [4.69, 9.17) is 10.5 Å². The summed E-state index contributed by atoms with van der Waals surface area (Å²) < 4.78 is 5.87. The van der Waals surface area contributed by atoms with E-state index in [0.717, 1.165) is 31.6 Å². The Kier molecular flexibility index (Phi) is 3.43. The Balaban J connectivity index is 2.51. The SMILES string of the molecule is CCC(N)(c1cccc2c1OCCC2)C(C)C. The lowest BCUT2D eigenvalue weighted by Crippen LogP contribution is -2.42. The van der Waals surface area contributed by atoms with Crippen molar-refractivity contribution in [1.29, 1.82) is 0 Å². The average Bonchev–Trinajstić information content (AvgIpc) is 2.37. The zero-order valence-corrected chi connectivity index (χ0v) is 11.1. The molecule has 1 heterocycles. The van der Waals surface area contributed by atoms with E-state index in [0.29, 0.717) is 5.92 Å².